The molecule has 2 aliphatic heterocycles. The van der Waals surface area contributed by atoms with Crippen LogP contribution in [0.1, 0.15) is 52.1 Å². The summed E-state index contributed by atoms with van der Waals surface area (Å²) in [6, 6.07) is 7.28. The zero-order chi connectivity index (χ0) is 20.4. The number of amides is 2. The minimum absolute atomic E-state index is 0.0189. The second-order valence-corrected chi connectivity index (χ2v) is 7.69. The van der Waals surface area contributed by atoms with Crippen LogP contribution in [0.25, 0.3) is 10.9 Å². The maximum Gasteiger partial charge on any atom is 0.254 e. The summed E-state index contributed by atoms with van der Waals surface area (Å²) in [5, 5.41) is 0.880. The third-order valence-electron chi connectivity index (χ3n) is 5.83. The Balaban J connectivity index is 1.74. The van der Waals surface area contributed by atoms with E-state index in [2.05, 4.69) is 4.98 Å². The maximum absolute atomic E-state index is 12.9. The lowest BCUT2D eigenvalue weighted by Crippen LogP contribution is -2.40. The summed E-state index contributed by atoms with van der Waals surface area (Å²) in [4.78, 5) is 44.3. The van der Waals surface area contributed by atoms with Crippen LogP contribution in [0.4, 0.5) is 0 Å². The van der Waals surface area contributed by atoms with Gasteiger partial charge in [0.25, 0.3) is 5.91 Å². The van der Waals surface area contributed by atoms with E-state index in [4.69, 9.17) is 4.74 Å². The normalized spacial score (nSPS) is 20.0. The standard InChI is InChI=1S/C22H25N3O4/c1-15(27)25-6-2-3-17(13-25)19-12-18(14-26)23-21-5-4-16(11-20(19)21)22(28)24-7-9-29-10-8-24/h4-5,11-12,14,17H,2-3,6-10,13H2,1H3. The van der Waals surface area contributed by atoms with Gasteiger partial charge in [0.2, 0.25) is 5.91 Å². The highest BCUT2D eigenvalue weighted by molar-refractivity contribution is 5.99. The minimum Gasteiger partial charge on any atom is -0.378 e. The summed E-state index contributed by atoms with van der Waals surface area (Å²) < 4.78 is 5.34. The number of carbonyl (C=O) groups excluding carboxylic acids is 3. The molecule has 4 rings (SSSR count). The molecular formula is C22H25N3O4. The van der Waals surface area contributed by atoms with Gasteiger partial charge in [-0.15, -0.1) is 0 Å². The molecule has 2 fully saturated rings. The fourth-order valence-electron chi connectivity index (χ4n) is 4.27. The first-order valence-corrected chi connectivity index (χ1v) is 10.1. The highest BCUT2D eigenvalue weighted by atomic mass is 16.5. The molecule has 29 heavy (non-hydrogen) atoms. The first kappa shape index (κ1) is 19.5. The van der Waals surface area contributed by atoms with Crippen LogP contribution >= 0.6 is 0 Å². The number of pyridine rings is 1. The van der Waals surface area contributed by atoms with E-state index in [-0.39, 0.29) is 17.7 Å². The predicted molar refractivity (Wildman–Crippen MR) is 108 cm³/mol. The molecule has 1 aromatic carbocycles. The summed E-state index contributed by atoms with van der Waals surface area (Å²) in [5.74, 6) is 0.159. The number of carbonyl (C=O) groups is 3. The Bertz CT molecular complexity index is 952. The molecule has 152 valence electrons. The van der Waals surface area contributed by atoms with Gasteiger partial charge in [-0.3, -0.25) is 14.4 Å². The quantitative estimate of drug-likeness (QED) is 0.745. The van der Waals surface area contributed by atoms with Gasteiger partial charge in [-0.1, -0.05) is 0 Å². The number of rotatable bonds is 3. The van der Waals surface area contributed by atoms with E-state index in [1.54, 1.807) is 17.9 Å². The number of piperidine rings is 1. The number of benzene rings is 1. The van der Waals surface area contributed by atoms with E-state index in [1.807, 2.05) is 23.1 Å². The van der Waals surface area contributed by atoms with Crippen molar-refractivity contribution in [3.05, 3.63) is 41.1 Å². The van der Waals surface area contributed by atoms with Crippen molar-refractivity contribution in [1.82, 2.24) is 14.8 Å². The van der Waals surface area contributed by atoms with Crippen molar-refractivity contribution in [3.63, 3.8) is 0 Å². The van der Waals surface area contributed by atoms with E-state index < -0.39 is 0 Å². The highest BCUT2D eigenvalue weighted by Gasteiger charge is 2.26. The molecule has 7 nitrogen and oxygen atoms in total. The van der Waals surface area contributed by atoms with Gasteiger partial charge in [0, 0.05) is 50.0 Å². The Morgan fingerprint density at radius 2 is 1.93 bits per heavy atom. The molecule has 0 aliphatic carbocycles. The van der Waals surface area contributed by atoms with Crippen LogP contribution in [-0.4, -0.2) is 72.3 Å². The van der Waals surface area contributed by atoms with Crippen LogP contribution in [0.15, 0.2) is 24.3 Å². The van der Waals surface area contributed by atoms with E-state index >= 15 is 0 Å². The Hall–Kier alpha value is -2.80. The van der Waals surface area contributed by atoms with Gasteiger partial charge in [-0.2, -0.15) is 0 Å². The number of aldehydes is 1. The fraction of sp³-hybridized carbons (Fsp3) is 0.455. The topological polar surface area (TPSA) is 79.8 Å². The van der Waals surface area contributed by atoms with Gasteiger partial charge in [0.05, 0.1) is 18.7 Å². The number of fused-ring (bicyclic) bond motifs is 1. The van der Waals surface area contributed by atoms with E-state index in [0.29, 0.717) is 49.6 Å². The lowest BCUT2D eigenvalue weighted by molar-refractivity contribution is -0.130. The maximum atomic E-state index is 12.9. The van der Waals surface area contributed by atoms with Crippen LogP contribution in [0.3, 0.4) is 0 Å². The summed E-state index contributed by atoms with van der Waals surface area (Å²) in [6.45, 7) is 5.24. The van der Waals surface area contributed by atoms with E-state index in [9.17, 15) is 14.4 Å². The van der Waals surface area contributed by atoms with Crippen molar-refractivity contribution in [2.24, 2.45) is 0 Å². The minimum atomic E-state index is -0.0189. The largest absolute Gasteiger partial charge is 0.378 e. The summed E-state index contributed by atoms with van der Waals surface area (Å²) in [6.07, 6.45) is 2.60. The second kappa shape index (κ2) is 8.29. The Kier molecular flexibility index (Phi) is 5.58. The molecule has 0 spiro atoms. The molecule has 0 radical (unpaired) electrons. The summed E-state index contributed by atoms with van der Waals surface area (Å²) in [5.41, 5.74) is 2.67. The number of morpholine rings is 1. The van der Waals surface area contributed by atoms with Crippen molar-refractivity contribution >= 4 is 29.0 Å². The van der Waals surface area contributed by atoms with Gasteiger partial charge in [-0.25, -0.2) is 4.98 Å². The smallest absolute Gasteiger partial charge is 0.254 e. The zero-order valence-corrected chi connectivity index (χ0v) is 16.6. The molecule has 2 saturated heterocycles. The van der Waals surface area contributed by atoms with Crippen LogP contribution in [0, 0.1) is 0 Å². The first-order chi connectivity index (χ1) is 14.1. The molecule has 3 heterocycles. The zero-order valence-electron chi connectivity index (χ0n) is 16.6. The van der Waals surface area contributed by atoms with Crippen LogP contribution in [0.2, 0.25) is 0 Å². The molecule has 2 aliphatic rings. The first-order valence-electron chi connectivity index (χ1n) is 10.1. The van der Waals surface area contributed by atoms with Crippen LogP contribution in [-0.2, 0) is 9.53 Å². The van der Waals surface area contributed by atoms with Gasteiger partial charge >= 0.3 is 0 Å². The summed E-state index contributed by atoms with van der Waals surface area (Å²) in [7, 11) is 0. The molecule has 2 amide bonds. The van der Waals surface area contributed by atoms with Crippen molar-refractivity contribution in [2.45, 2.75) is 25.7 Å². The second-order valence-electron chi connectivity index (χ2n) is 7.69. The van der Waals surface area contributed by atoms with Crippen molar-refractivity contribution in [3.8, 4) is 0 Å². The number of nitrogens with zero attached hydrogens (tertiary/aromatic N) is 3. The number of aromatic nitrogens is 1. The third kappa shape index (κ3) is 4.00. The monoisotopic (exact) mass is 395 g/mol. The third-order valence-corrected chi connectivity index (χ3v) is 5.83. The van der Waals surface area contributed by atoms with Crippen LogP contribution in [0.5, 0.6) is 0 Å². The highest BCUT2D eigenvalue weighted by Crippen LogP contribution is 2.33. The number of hydrogen-bond acceptors (Lipinski definition) is 5. The van der Waals surface area contributed by atoms with Crippen molar-refractivity contribution in [1.29, 1.82) is 0 Å². The molecule has 1 aromatic heterocycles. The molecule has 7 heteroatoms. The van der Waals surface area contributed by atoms with Gasteiger partial charge in [0.1, 0.15) is 5.69 Å². The van der Waals surface area contributed by atoms with Crippen LogP contribution < -0.4 is 0 Å². The predicted octanol–water partition coefficient (Wildman–Crippen LogP) is 2.25. The molecule has 0 bridgehead atoms. The number of likely N-dealkylation sites (tertiary alicyclic amines) is 1. The number of hydrogen-bond donors (Lipinski definition) is 0. The Morgan fingerprint density at radius 3 is 2.66 bits per heavy atom. The summed E-state index contributed by atoms with van der Waals surface area (Å²) >= 11 is 0. The molecule has 1 unspecified atom stereocenters. The van der Waals surface area contributed by atoms with Gasteiger partial charge < -0.3 is 14.5 Å². The lowest BCUT2D eigenvalue weighted by Gasteiger charge is -2.33. The van der Waals surface area contributed by atoms with Crippen molar-refractivity contribution < 1.29 is 19.1 Å². The Labute approximate surface area is 169 Å². The average Bonchev–Trinajstić information content (AvgIpc) is 2.78. The molecule has 1 atom stereocenters. The Morgan fingerprint density at radius 1 is 1.14 bits per heavy atom. The average molecular weight is 395 g/mol. The number of ether oxygens (including phenoxy) is 1. The van der Waals surface area contributed by atoms with Gasteiger partial charge in [0.15, 0.2) is 6.29 Å². The lowest BCUT2D eigenvalue weighted by atomic mass is 9.87. The van der Waals surface area contributed by atoms with E-state index in [1.165, 1.54) is 0 Å². The van der Waals surface area contributed by atoms with Gasteiger partial charge in [-0.05, 0) is 42.7 Å². The van der Waals surface area contributed by atoms with Crippen molar-refractivity contribution in [2.75, 3.05) is 39.4 Å². The molecule has 0 N–H and O–H groups in total. The molecule has 2 aromatic rings. The van der Waals surface area contributed by atoms with E-state index in [0.717, 1.165) is 36.6 Å². The molecular weight excluding hydrogens is 370 g/mol. The fourth-order valence-corrected chi connectivity index (χ4v) is 4.27. The molecule has 0 saturated carbocycles. The SMILES string of the molecule is CC(=O)N1CCCC(c2cc(C=O)nc3ccc(C(=O)N4CCOCC4)cc23)C1.